The highest BCUT2D eigenvalue weighted by Gasteiger charge is 2.17. The quantitative estimate of drug-likeness (QED) is 0.774. The number of nitrogens with one attached hydrogen (secondary N) is 1. The van der Waals surface area contributed by atoms with Crippen LogP contribution in [0.4, 0.5) is 0 Å². The molecule has 0 bridgehead atoms. The second-order valence-corrected chi connectivity index (χ2v) is 7.10. The summed E-state index contributed by atoms with van der Waals surface area (Å²) in [4.78, 5) is 29.8. The molecule has 124 valence electrons. The molecular weight excluding hydrogens is 346 g/mol. The first-order chi connectivity index (χ1) is 11.5. The largest absolute Gasteiger partial charge is 0.352 e. The molecule has 24 heavy (non-hydrogen) atoms. The van der Waals surface area contributed by atoms with E-state index in [0.717, 1.165) is 5.56 Å². The Morgan fingerprint density at radius 1 is 1.33 bits per heavy atom. The van der Waals surface area contributed by atoms with E-state index in [0.29, 0.717) is 28.1 Å². The number of amides is 1. The SMILES string of the molecule is CC(C)CNC(=O)c1cnc2scc(-c3ccc(Cl)cc3)n2c1=O. The van der Waals surface area contributed by atoms with Crippen LogP contribution in [-0.2, 0) is 0 Å². The van der Waals surface area contributed by atoms with Crippen LogP contribution in [-0.4, -0.2) is 21.8 Å². The molecule has 5 nitrogen and oxygen atoms in total. The molecule has 7 heteroatoms. The lowest BCUT2D eigenvalue weighted by Crippen LogP contribution is -2.33. The molecule has 2 aromatic heterocycles. The fourth-order valence-corrected chi connectivity index (χ4v) is 3.25. The standard InChI is InChI=1S/C17H16ClN3O2S/c1-10(2)7-19-15(22)13-8-20-17-21(16(13)23)14(9-24-17)11-3-5-12(18)6-4-11/h3-6,8-10H,7H2,1-2H3,(H,19,22). The van der Waals surface area contributed by atoms with Gasteiger partial charge in [0.1, 0.15) is 5.56 Å². The topological polar surface area (TPSA) is 63.5 Å². The minimum Gasteiger partial charge on any atom is -0.352 e. The van der Waals surface area contributed by atoms with E-state index in [2.05, 4.69) is 10.3 Å². The van der Waals surface area contributed by atoms with Gasteiger partial charge in [-0.2, -0.15) is 0 Å². The fraction of sp³-hybridized carbons (Fsp3) is 0.235. The van der Waals surface area contributed by atoms with Crippen molar-refractivity contribution in [3.05, 3.63) is 56.8 Å². The number of fused-ring (bicyclic) bond motifs is 1. The van der Waals surface area contributed by atoms with Crippen LogP contribution < -0.4 is 10.9 Å². The number of halogens is 1. The van der Waals surface area contributed by atoms with Crippen molar-refractivity contribution in [1.29, 1.82) is 0 Å². The Morgan fingerprint density at radius 2 is 2.04 bits per heavy atom. The summed E-state index contributed by atoms with van der Waals surface area (Å²) in [6, 6.07) is 7.19. The second-order valence-electron chi connectivity index (χ2n) is 5.83. The van der Waals surface area contributed by atoms with Gasteiger partial charge in [-0.05, 0) is 23.6 Å². The molecule has 1 aromatic carbocycles. The molecule has 0 aliphatic heterocycles. The van der Waals surface area contributed by atoms with Crippen molar-refractivity contribution in [2.45, 2.75) is 13.8 Å². The number of aromatic nitrogens is 2. The third kappa shape index (κ3) is 3.20. The van der Waals surface area contributed by atoms with Gasteiger partial charge in [0.2, 0.25) is 0 Å². The maximum atomic E-state index is 12.8. The zero-order valence-corrected chi connectivity index (χ0v) is 14.8. The van der Waals surface area contributed by atoms with Gasteiger partial charge in [0, 0.05) is 23.1 Å². The first-order valence-corrected chi connectivity index (χ1v) is 8.76. The molecular formula is C17H16ClN3O2S. The van der Waals surface area contributed by atoms with Gasteiger partial charge < -0.3 is 5.32 Å². The molecule has 0 radical (unpaired) electrons. The second kappa shape index (κ2) is 6.75. The first kappa shape index (κ1) is 16.7. The average Bonchev–Trinajstić information content (AvgIpc) is 2.98. The number of carbonyl (C=O) groups is 1. The van der Waals surface area contributed by atoms with Crippen molar-refractivity contribution in [1.82, 2.24) is 14.7 Å². The van der Waals surface area contributed by atoms with Crippen molar-refractivity contribution in [2.75, 3.05) is 6.54 Å². The molecule has 0 saturated carbocycles. The van der Waals surface area contributed by atoms with Crippen LogP contribution in [0, 0.1) is 5.92 Å². The van der Waals surface area contributed by atoms with Gasteiger partial charge in [-0.1, -0.05) is 37.6 Å². The number of hydrogen-bond donors (Lipinski definition) is 1. The van der Waals surface area contributed by atoms with Crippen LogP contribution in [0.15, 0.2) is 40.6 Å². The Labute approximate surface area is 147 Å². The summed E-state index contributed by atoms with van der Waals surface area (Å²) in [7, 11) is 0. The van der Waals surface area contributed by atoms with Gasteiger partial charge in [-0.3, -0.25) is 14.0 Å². The normalized spacial score (nSPS) is 11.2. The first-order valence-electron chi connectivity index (χ1n) is 7.50. The molecule has 0 aliphatic rings. The number of thiazole rings is 1. The molecule has 1 N–H and O–H groups in total. The smallest absolute Gasteiger partial charge is 0.271 e. The Balaban J connectivity index is 2.08. The van der Waals surface area contributed by atoms with Crippen LogP contribution in [0.3, 0.4) is 0 Å². The molecule has 0 spiro atoms. The van der Waals surface area contributed by atoms with Crippen molar-refractivity contribution in [2.24, 2.45) is 5.92 Å². The van der Waals surface area contributed by atoms with Crippen molar-refractivity contribution < 1.29 is 4.79 Å². The molecule has 3 aromatic rings. The van der Waals surface area contributed by atoms with Gasteiger partial charge in [-0.15, -0.1) is 11.3 Å². The third-order valence-corrected chi connectivity index (χ3v) is 4.59. The molecule has 1 amide bonds. The van der Waals surface area contributed by atoms with E-state index in [1.807, 2.05) is 31.4 Å². The monoisotopic (exact) mass is 361 g/mol. The Morgan fingerprint density at radius 3 is 2.71 bits per heavy atom. The van der Waals surface area contributed by atoms with E-state index < -0.39 is 5.91 Å². The van der Waals surface area contributed by atoms with Crippen LogP contribution in [0.5, 0.6) is 0 Å². The minimum atomic E-state index is -0.399. The minimum absolute atomic E-state index is 0.0433. The number of benzene rings is 1. The summed E-state index contributed by atoms with van der Waals surface area (Å²) in [5, 5.41) is 5.23. The van der Waals surface area contributed by atoms with Gasteiger partial charge in [0.05, 0.1) is 5.69 Å². The highest BCUT2D eigenvalue weighted by Crippen LogP contribution is 2.25. The molecule has 0 atom stereocenters. The molecule has 3 rings (SSSR count). The summed E-state index contributed by atoms with van der Waals surface area (Å²) in [5.74, 6) is -0.0944. The van der Waals surface area contributed by atoms with Crippen molar-refractivity contribution >= 4 is 33.8 Å². The summed E-state index contributed by atoms with van der Waals surface area (Å²) >= 11 is 7.27. The number of carbonyl (C=O) groups excluding carboxylic acids is 1. The Kier molecular flexibility index (Phi) is 4.69. The molecule has 0 saturated heterocycles. The van der Waals surface area contributed by atoms with E-state index >= 15 is 0 Å². The van der Waals surface area contributed by atoms with Crippen LogP contribution in [0.25, 0.3) is 16.2 Å². The summed E-state index contributed by atoms with van der Waals surface area (Å²) < 4.78 is 1.47. The number of nitrogens with zero attached hydrogens (tertiary/aromatic N) is 2. The molecule has 0 aliphatic carbocycles. The lowest BCUT2D eigenvalue weighted by Gasteiger charge is -2.08. The zero-order chi connectivity index (χ0) is 17.3. The van der Waals surface area contributed by atoms with Crippen LogP contribution >= 0.6 is 22.9 Å². The highest BCUT2D eigenvalue weighted by molar-refractivity contribution is 7.15. The van der Waals surface area contributed by atoms with Crippen LogP contribution in [0.2, 0.25) is 5.02 Å². The van der Waals surface area contributed by atoms with Crippen LogP contribution in [0.1, 0.15) is 24.2 Å². The molecule has 2 heterocycles. The third-order valence-electron chi connectivity index (χ3n) is 3.50. The van der Waals surface area contributed by atoms with E-state index in [4.69, 9.17) is 11.6 Å². The summed E-state index contributed by atoms with van der Waals surface area (Å²) in [6.07, 6.45) is 1.34. The summed E-state index contributed by atoms with van der Waals surface area (Å²) in [5.41, 5.74) is 1.21. The lowest BCUT2D eigenvalue weighted by atomic mass is 10.2. The van der Waals surface area contributed by atoms with E-state index in [9.17, 15) is 9.59 Å². The number of rotatable bonds is 4. The lowest BCUT2D eigenvalue weighted by molar-refractivity contribution is 0.0947. The van der Waals surface area contributed by atoms with E-state index in [-0.39, 0.29) is 11.1 Å². The van der Waals surface area contributed by atoms with E-state index in [1.54, 1.807) is 12.1 Å². The molecule has 0 fully saturated rings. The highest BCUT2D eigenvalue weighted by atomic mass is 35.5. The maximum Gasteiger partial charge on any atom is 0.271 e. The fourth-order valence-electron chi connectivity index (χ4n) is 2.26. The predicted octanol–water partition coefficient (Wildman–Crippen LogP) is 3.46. The molecule has 0 unspecified atom stereocenters. The van der Waals surface area contributed by atoms with Crippen molar-refractivity contribution in [3.63, 3.8) is 0 Å². The van der Waals surface area contributed by atoms with Gasteiger partial charge in [-0.25, -0.2) is 4.98 Å². The number of hydrogen-bond acceptors (Lipinski definition) is 4. The zero-order valence-electron chi connectivity index (χ0n) is 13.2. The van der Waals surface area contributed by atoms with Gasteiger partial charge >= 0.3 is 0 Å². The summed E-state index contributed by atoms with van der Waals surface area (Å²) in [6.45, 7) is 4.49. The van der Waals surface area contributed by atoms with E-state index in [1.165, 1.54) is 21.9 Å². The van der Waals surface area contributed by atoms with Crippen molar-refractivity contribution in [3.8, 4) is 11.3 Å². The Hall–Kier alpha value is -2.18. The van der Waals surface area contributed by atoms with Gasteiger partial charge in [0.15, 0.2) is 4.96 Å². The predicted molar refractivity (Wildman–Crippen MR) is 97.0 cm³/mol. The Bertz CT molecular complexity index is 945. The average molecular weight is 362 g/mol. The maximum absolute atomic E-state index is 12.8. The van der Waals surface area contributed by atoms with Gasteiger partial charge in [0.25, 0.3) is 11.5 Å².